The quantitative estimate of drug-likeness (QED) is 0.456. The number of nitrogens with two attached hydrogens (primary N) is 1. The van der Waals surface area contributed by atoms with Crippen LogP contribution in [0, 0.1) is 0 Å². The van der Waals surface area contributed by atoms with Crippen LogP contribution >= 0.6 is 20.3 Å². The molecule has 0 fully saturated rings. The van der Waals surface area contributed by atoms with E-state index in [-0.39, 0.29) is 31.8 Å². The molecule has 0 bridgehead atoms. The summed E-state index contributed by atoms with van der Waals surface area (Å²) in [5.41, 5.74) is 5.07. The number of ether oxygens (including phenoxy) is 1. The molecule has 0 spiro atoms. The molecule has 0 saturated heterocycles. The zero-order valence-electron chi connectivity index (χ0n) is 16.6. The van der Waals surface area contributed by atoms with Crippen LogP contribution < -0.4 is 10.5 Å². The molecule has 5 nitrogen and oxygen atoms in total. The predicted octanol–water partition coefficient (Wildman–Crippen LogP) is 4.76. The molecular formula is C21H24ClF3NO4P. The summed E-state index contributed by atoms with van der Waals surface area (Å²) >= 11 is 5.90. The van der Waals surface area contributed by atoms with E-state index in [0.717, 1.165) is 11.6 Å². The van der Waals surface area contributed by atoms with Crippen molar-refractivity contribution < 1.29 is 32.1 Å². The summed E-state index contributed by atoms with van der Waals surface area (Å²) in [6, 6.07) is 10.8. The summed E-state index contributed by atoms with van der Waals surface area (Å²) < 4.78 is 61.2. The molecule has 0 heterocycles. The molecule has 2 rings (SSSR count). The Morgan fingerprint density at radius 3 is 2.61 bits per heavy atom. The highest BCUT2D eigenvalue weighted by Gasteiger charge is 2.35. The smallest absolute Gasteiger partial charge is 0.419 e. The van der Waals surface area contributed by atoms with Crippen molar-refractivity contribution in [2.24, 2.45) is 5.73 Å². The summed E-state index contributed by atoms with van der Waals surface area (Å²) in [7, 11) is -1.48. The Kier molecular flexibility index (Phi) is 9.59. The highest BCUT2D eigenvalue weighted by atomic mass is 35.5. The molecule has 0 radical (unpaired) electrons. The molecule has 2 unspecified atom stereocenters. The van der Waals surface area contributed by atoms with Gasteiger partial charge in [-0.25, -0.2) is 0 Å². The summed E-state index contributed by atoms with van der Waals surface area (Å²) in [6.45, 7) is -0.645. The Morgan fingerprint density at radius 2 is 1.97 bits per heavy atom. The first-order valence-electron chi connectivity index (χ1n) is 9.37. The lowest BCUT2D eigenvalue weighted by molar-refractivity contribution is -0.138. The maximum absolute atomic E-state index is 13.5. The van der Waals surface area contributed by atoms with E-state index in [1.165, 1.54) is 12.1 Å². The average molecular weight is 478 g/mol. The van der Waals surface area contributed by atoms with Gasteiger partial charge in [-0.3, -0.25) is 4.57 Å². The molecule has 0 amide bonds. The van der Waals surface area contributed by atoms with Crippen molar-refractivity contribution in [1.82, 2.24) is 0 Å². The van der Waals surface area contributed by atoms with Gasteiger partial charge in [0.05, 0.1) is 24.3 Å². The van der Waals surface area contributed by atoms with Crippen LogP contribution in [0.15, 0.2) is 48.5 Å². The first-order chi connectivity index (χ1) is 14.7. The zero-order chi connectivity index (χ0) is 22.9. The Morgan fingerprint density at radius 1 is 1.19 bits per heavy atom. The van der Waals surface area contributed by atoms with E-state index >= 15 is 0 Å². The second-order valence-electron chi connectivity index (χ2n) is 7.02. The topological polar surface area (TPSA) is 81.8 Å². The summed E-state index contributed by atoms with van der Waals surface area (Å²) in [5, 5.41) is 9.98. The Labute approximate surface area is 184 Å². The van der Waals surface area contributed by atoms with Crippen LogP contribution in [-0.2, 0) is 21.7 Å². The van der Waals surface area contributed by atoms with E-state index in [2.05, 4.69) is 0 Å². The molecule has 2 aromatic rings. The van der Waals surface area contributed by atoms with Gasteiger partial charge < -0.3 is 20.1 Å². The summed E-state index contributed by atoms with van der Waals surface area (Å²) in [4.78, 5) is 0. The number of aliphatic hydroxyl groups excluding tert-OH is 1. The lowest BCUT2D eigenvalue weighted by atomic mass is 9.93. The third-order valence-corrected chi connectivity index (χ3v) is 5.05. The molecule has 0 aliphatic rings. The van der Waals surface area contributed by atoms with Gasteiger partial charge in [0.25, 0.3) is 0 Å². The van der Waals surface area contributed by atoms with Gasteiger partial charge >= 0.3 is 6.18 Å². The van der Waals surface area contributed by atoms with Crippen molar-refractivity contribution in [2.45, 2.75) is 24.6 Å². The first-order valence-corrected chi connectivity index (χ1v) is 10.7. The monoisotopic (exact) mass is 477 g/mol. The molecule has 10 heteroatoms. The molecule has 0 aromatic heterocycles. The van der Waals surface area contributed by atoms with Gasteiger partial charge in [-0.2, -0.15) is 13.2 Å². The van der Waals surface area contributed by atoms with Crippen molar-refractivity contribution in [3.8, 4) is 5.75 Å². The molecule has 0 aliphatic heterocycles. The van der Waals surface area contributed by atoms with Crippen LogP contribution in [0.1, 0.15) is 23.1 Å². The SMILES string of the molecule is NC(CO)(CCc1ccc(OCC=Cc2cccc(Cl)c2)c(C(F)(F)F)c1)CO[PH2]=O. The highest BCUT2D eigenvalue weighted by Crippen LogP contribution is 2.37. The first kappa shape index (κ1) is 25.4. The number of hydrogen-bond donors (Lipinski definition) is 2. The molecule has 170 valence electrons. The number of aryl methyl sites for hydroxylation is 1. The molecule has 0 aliphatic carbocycles. The van der Waals surface area contributed by atoms with E-state index in [9.17, 15) is 22.8 Å². The molecule has 0 saturated carbocycles. The van der Waals surface area contributed by atoms with Gasteiger partial charge in [-0.15, -0.1) is 0 Å². The number of rotatable bonds is 11. The number of benzene rings is 2. The highest BCUT2D eigenvalue weighted by molar-refractivity contribution is 7.17. The average Bonchev–Trinajstić information content (AvgIpc) is 2.73. The van der Waals surface area contributed by atoms with Gasteiger partial charge in [0, 0.05) is 5.02 Å². The van der Waals surface area contributed by atoms with Gasteiger partial charge in [0.1, 0.15) is 12.4 Å². The van der Waals surface area contributed by atoms with Crippen molar-refractivity contribution in [3.63, 3.8) is 0 Å². The maximum atomic E-state index is 13.5. The number of aliphatic hydroxyl groups is 1. The van der Waals surface area contributed by atoms with Gasteiger partial charge in [-0.05, 0) is 54.3 Å². The lowest BCUT2D eigenvalue weighted by Gasteiger charge is -2.26. The Balaban J connectivity index is 2.08. The summed E-state index contributed by atoms with van der Waals surface area (Å²) in [6.07, 6.45) is -0.972. The van der Waals surface area contributed by atoms with E-state index < -0.39 is 32.6 Å². The van der Waals surface area contributed by atoms with E-state index in [4.69, 9.17) is 26.6 Å². The largest absolute Gasteiger partial charge is 0.489 e. The third-order valence-electron chi connectivity index (χ3n) is 4.51. The van der Waals surface area contributed by atoms with Gasteiger partial charge in [-0.1, -0.05) is 35.9 Å². The van der Waals surface area contributed by atoms with Crippen LogP contribution in [0.3, 0.4) is 0 Å². The van der Waals surface area contributed by atoms with Crippen molar-refractivity contribution >= 4 is 26.4 Å². The molecular weight excluding hydrogens is 454 g/mol. The fourth-order valence-corrected chi connectivity index (χ4v) is 3.40. The molecule has 2 aromatic carbocycles. The third kappa shape index (κ3) is 8.31. The van der Waals surface area contributed by atoms with Crippen molar-refractivity contribution in [1.29, 1.82) is 0 Å². The predicted molar refractivity (Wildman–Crippen MR) is 116 cm³/mol. The lowest BCUT2D eigenvalue weighted by Crippen LogP contribution is -2.47. The molecule has 3 N–H and O–H groups in total. The second-order valence-corrected chi connectivity index (χ2v) is 7.99. The van der Waals surface area contributed by atoms with E-state index in [0.29, 0.717) is 10.6 Å². The number of hydrogen-bond acceptors (Lipinski definition) is 5. The maximum Gasteiger partial charge on any atom is 0.419 e. The molecule has 31 heavy (non-hydrogen) atoms. The van der Waals surface area contributed by atoms with Gasteiger partial charge in [0.2, 0.25) is 0 Å². The standard InChI is InChI=1S/C21H24ClF3NO4P/c22-17-5-1-3-15(11-17)4-2-10-29-19-7-6-16(12-18(19)21(23,24)25)8-9-20(26,13-27)14-30-31-28/h1-7,11-12,27H,8-10,13-14,26,31H2. The van der Waals surface area contributed by atoms with Gasteiger partial charge in [0.15, 0.2) is 8.69 Å². The van der Waals surface area contributed by atoms with Crippen molar-refractivity contribution in [3.05, 3.63) is 70.3 Å². The van der Waals surface area contributed by atoms with Crippen LogP contribution in [0.25, 0.3) is 6.08 Å². The number of halogens is 4. The van der Waals surface area contributed by atoms with Crippen molar-refractivity contribution in [2.75, 3.05) is 19.8 Å². The van der Waals surface area contributed by atoms with E-state index in [1.807, 2.05) is 6.07 Å². The minimum absolute atomic E-state index is 0.0553. The second kappa shape index (κ2) is 11.7. The normalized spacial score (nSPS) is 14.4. The fourth-order valence-electron chi connectivity index (χ4n) is 2.80. The number of alkyl halides is 3. The van der Waals surface area contributed by atoms with E-state index in [1.54, 1.807) is 30.4 Å². The summed E-state index contributed by atoms with van der Waals surface area (Å²) in [5.74, 6) is -0.286. The molecule has 2 atom stereocenters. The van der Waals surface area contributed by atoms with Crippen LogP contribution in [-0.4, -0.2) is 30.5 Å². The Hall–Kier alpha value is -1.83. The minimum Gasteiger partial charge on any atom is -0.489 e. The van der Waals surface area contributed by atoms with Crippen LogP contribution in [0.5, 0.6) is 5.75 Å². The fraction of sp³-hybridized carbons (Fsp3) is 0.333. The van der Waals surface area contributed by atoms with Crippen LogP contribution in [0.4, 0.5) is 13.2 Å². The Bertz CT molecular complexity index is 910. The zero-order valence-corrected chi connectivity index (χ0v) is 18.5. The van der Waals surface area contributed by atoms with Crippen LogP contribution in [0.2, 0.25) is 5.02 Å². The minimum atomic E-state index is -4.60.